The first-order valence-corrected chi connectivity index (χ1v) is 7.76. The molecule has 0 saturated heterocycles. The number of carbonyl (C=O) groups excluding carboxylic acids is 1. The Hall–Kier alpha value is -3.02. The Morgan fingerprint density at radius 1 is 1.12 bits per heavy atom. The van der Waals surface area contributed by atoms with Crippen molar-refractivity contribution in [3.63, 3.8) is 0 Å². The Kier molecular flexibility index (Phi) is 4.37. The van der Waals surface area contributed by atoms with Crippen molar-refractivity contribution in [2.45, 2.75) is 26.2 Å². The molecule has 0 atom stereocenters. The predicted octanol–water partition coefficient (Wildman–Crippen LogP) is 3.24. The number of hydrogen-bond donors (Lipinski definition) is 1. The van der Waals surface area contributed by atoms with E-state index in [0.717, 1.165) is 18.4 Å². The Bertz CT molecular complexity index is 843. The number of fused-ring (bicyclic) bond motifs is 1. The fourth-order valence-electron chi connectivity index (χ4n) is 2.82. The molecule has 1 N–H and O–H groups in total. The molecule has 2 aromatic carbocycles. The smallest absolute Gasteiger partial charge is 0.267 e. The summed E-state index contributed by atoms with van der Waals surface area (Å²) in [5.41, 5.74) is 6.92. The summed E-state index contributed by atoms with van der Waals surface area (Å²) >= 11 is 0. The molecule has 1 aliphatic carbocycles. The number of benzene rings is 2. The highest BCUT2D eigenvalue weighted by atomic mass is 16.6. The van der Waals surface area contributed by atoms with Crippen LogP contribution in [0.4, 0.5) is 5.69 Å². The number of carbonyl (C=O) groups is 1. The third-order valence-corrected chi connectivity index (χ3v) is 4.16. The lowest BCUT2D eigenvalue weighted by molar-refractivity contribution is -0.384. The summed E-state index contributed by atoms with van der Waals surface area (Å²) in [5.74, 6) is -0.473. The van der Waals surface area contributed by atoms with E-state index < -0.39 is 10.8 Å². The number of hydrogen-bond acceptors (Lipinski definition) is 4. The monoisotopic (exact) mass is 323 g/mol. The lowest BCUT2D eigenvalue weighted by atomic mass is 10.0. The maximum Gasteiger partial charge on any atom is 0.271 e. The number of rotatable bonds is 4. The average Bonchev–Trinajstić information content (AvgIpc) is 3.07. The number of non-ortho nitro benzene ring substituents is 1. The van der Waals surface area contributed by atoms with Gasteiger partial charge in [-0.3, -0.25) is 14.9 Å². The van der Waals surface area contributed by atoms with Crippen molar-refractivity contribution in [3.05, 3.63) is 74.8 Å². The lowest BCUT2D eigenvalue weighted by Crippen LogP contribution is -2.19. The minimum absolute atomic E-state index is 0.123. The minimum atomic E-state index is -0.532. The molecule has 6 heteroatoms. The highest BCUT2D eigenvalue weighted by molar-refractivity contribution is 6.01. The van der Waals surface area contributed by atoms with Gasteiger partial charge in [0.05, 0.1) is 10.6 Å². The molecule has 0 unspecified atom stereocenters. The van der Waals surface area contributed by atoms with Gasteiger partial charge >= 0.3 is 0 Å². The van der Waals surface area contributed by atoms with Crippen LogP contribution in [0.25, 0.3) is 0 Å². The first kappa shape index (κ1) is 15.9. The standard InChI is InChI=1S/C18H17N3O3/c1-12(14-9-8-13-4-2-5-15(13)10-14)19-20-18(22)16-6-3-7-17(11-16)21(23)24/h3,6-11H,2,4-5H2,1H3,(H,20,22)/b19-12-. The Morgan fingerprint density at radius 3 is 2.71 bits per heavy atom. The Morgan fingerprint density at radius 2 is 1.92 bits per heavy atom. The average molecular weight is 323 g/mol. The summed E-state index contributed by atoms with van der Waals surface area (Å²) in [4.78, 5) is 22.3. The zero-order valence-electron chi connectivity index (χ0n) is 13.3. The molecule has 0 heterocycles. The fraction of sp³-hybridized carbons (Fsp3) is 0.222. The third-order valence-electron chi connectivity index (χ3n) is 4.16. The quantitative estimate of drug-likeness (QED) is 0.532. The first-order valence-electron chi connectivity index (χ1n) is 7.76. The molecule has 3 rings (SSSR count). The molecule has 2 aromatic rings. The molecule has 0 bridgehead atoms. The van der Waals surface area contributed by atoms with Crippen LogP contribution < -0.4 is 5.43 Å². The van der Waals surface area contributed by atoms with E-state index >= 15 is 0 Å². The molecule has 0 saturated carbocycles. The van der Waals surface area contributed by atoms with Gasteiger partial charge in [0, 0.05) is 17.7 Å². The highest BCUT2D eigenvalue weighted by Gasteiger charge is 2.13. The summed E-state index contributed by atoms with van der Waals surface area (Å²) in [7, 11) is 0. The van der Waals surface area contributed by atoms with Crippen LogP contribution in [0, 0.1) is 10.1 Å². The Balaban J connectivity index is 1.74. The van der Waals surface area contributed by atoms with Crippen LogP contribution in [0.5, 0.6) is 0 Å². The second kappa shape index (κ2) is 6.62. The van der Waals surface area contributed by atoms with Gasteiger partial charge < -0.3 is 0 Å². The van der Waals surface area contributed by atoms with Gasteiger partial charge in [-0.1, -0.05) is 18.2 Å². The van der Waals surface area contributed by atoms with E-state index in [-0.39, 0.29) is 11.3 Å². The summed E-state index contributed by atoms with van der Waals surface area (Å²) in [5, 5.41) is 14.9. The van der Waals surface area contributed by atoms with Crippen molar-refractivity contribution in [3.8, 4) is 0 Å². The van der Waals surface area contributed by atoms with E-state index in [4.69, 9.17) is 0 Å². The number of nitro groups is 1. The number of hydrazone groups is 1. The van der Waals surface area contributed by atoms with Crippen molar-refractivity contribution in [2.24, 2.45) is 5.10 Å². The summed E-state index contributed by atoms with van der Waals surface area (Å²) < 4.78 is 0. The number of nitro benzene ring substituents is 1. The summed E-state index contributed by atoms with van der Waals surface area (Å²) in [6, 6.07) is 11.8. The maximum absolute atomic E-state index is 12.1. The number of nitrogens with one attached hydrogen (secondary N) is 1. The second-order valence-corrected chi connectivity index (χ2v) is 5.78. The van der Waals surface area contributed by atoms with Crippen LogP contribution in [-0.2, 0) is 12.8 Å². The molecule has 24 heavy (non-hydrogen) atoms. The molecular weight excluding hydrogens is 306 g/mol. The van der Waals surface area contributed by atoms with Gasteiger partial charge in [-0.2, -0.15) is 5.10 Å². The number of nitrogens with zero attached hydrogens (tertiary/aromatic N) is 2. The van der Waals surface area contributed by atoms with Gasteiger partial charge in [0.15, 0.2) is 0 Å². The van der Waals surface area contributed by atoms with Crippen LogP contribution in [0.3, 0.4) is 0 Å². The molecule has 122 valence electrons. The molecule has 1 amide bonds. The van der Waals surface area contributed by atoms with E-state index in [9.17, 15) is 14.9 Å². The number of aryl methyl sites for hydroxylation is 2. The zero-order chi connectivity index (χ0) is 17.1. The fourth-order valence-corrected chi connectivity index (χ4v) is 2.82. The van der Waals surface area contributed by atoms with E-state index in [1.807, 2.05) is 13.0 Å². The molecule has 0 radical (unpaired) electrons. The predicted molar refractivity (Wildman–Crippen MR) is 91.2 cm³/mol. The van der Waals surface area contributed by atoms with Gasteiger partial charge in [-0.05, 0) is 55.0 Å². The van der Waals surface area contributed by atoms with Crippen molar-refractivity contribution in [2.75, 3.05) is 0 Å². The van der Waals surface area contributed by atoms with Gasteiger partial charge in [0.2, 0.25) is 0 Å². The van der Waals surface area contributed by atoms with Crippen molar-refractivity contribution in [1.29, 1.82) is 0 Å². The van der Waals surface area contributed by atoms with E-state index in [1.165, 1.54) is 41.8 Å². The highest BCUT2D eigenvalue weighted by Crippen LogP contribution is 2.23. The second-order valence-electron chi connectivity index (χ2n) is 5.78. The van der Waals surface area contributed by atoms with Crippen molar-refractivity contribution < 1.29 is 9.72 Å². The van der Waals surface area contributed by atoms with Crippen LogP contribution in [0.15, 0.2) is 47.6 Å². The van der Waals surface area contributed by atoms with E-state index in [1.54, 1.807) is 0 Å². The third kappa shape index (κ3) is 3.32. The van der Waals surface area contributed by atoms with Crippen LogP contribution >= 0.6 is 0 Å². The van der Waals surface area contributed by atoms with Crippen LogP contribution in [0.1, 0.15) is 40.4 Å². The van der Waals surface area contributed by atoms with Crippen molar-refractivity contribution >= 4 is 17.3 Å². The minimum Gasteiger partial charge on any atom is -0.267 e. The largest absolute Gasteiger partial charge is 0.271 e. The first-order chi connectivity index (χ1) is 11.5. The molecular formula is C18H17N3O3. The van der Waals surface area contributed by atoms with Gasteiger partial charge in [-0.25, -0.2) is 5.43 Å². The molecule has 0 aliphatic heterocycles. The van der Waals surface area contributed by atoms with Gasteiger partial charge in [0.1, 0.15) is 0 Å². The molecule has 0 spiro atoms. The van der Waals surface area contributed by atoms with Crippen molar-refractivity contribution in [1.82, 2.24) is 5.43 Å². The topological polar surface area (TPSA) is 84.6 Å². The maximum atomic E-state index is 12.1. The lowest BCUT2D eigenvalue weighted by Gasteiger charge is -2.06. The van der Waals surface area contributed by atoms with Crippen LogP contribution in [0.2, 0.25) is 0 Å². The van der Waals surface area contributed by atoms with Crippen LogP contribution in [-0.4, -0.2) is 16.5 Å². The Labute approximate surface area is 139 Å². The molecule has 0 aromatic heterocycles. The molecule has 6 nitrogen and oxygen atoms in total. The summed E-state index contributed by atoms with van der Waals surface area (Å²) in [6.07, 6.45) is 3.38. The summed E-state index contributed by atoms with van der Waals surface area (Å²) in [6.45, 7) is 1.82. The van der Waals surface area contributed by atoms with E-state index in [0.29, 0.717) is 5.71 Å². The number of amides is 1. The molecule has 1 aliphatic rings. The van der Waals surface area contributed by atoms with Gasteiger partial charge in [0.25, 0.3) is 11.6 Å². The SMILES string of the molecule is C/C(=N/NC(=O)c1cccc([N+](=O)[O-])c1)c1ccc2c(c1)CCC2. The van der Waals surface area contributed by atoms with E-state index in [2.05, 4.69) is 22.7 Å². The normalized spacial score (nSPS) is 13.5. The molecule has 0 fully saturated rings. The van der Waals surface area contributed by atoms with Gasteiger partial charge in [-0.15, -0.1) is 0 Å². The zero-order valence-corrected chi connectivity index (χ0v) is 13.3.